The number of hydrogen-bond acceptors (Lipinski definition) is 7. The third-order valence-electron chi connectivity index (χ3n) is 4.79. The average Bonchev–Trinajstić information content (AvgIpc) is 3.11. The zero-order valence-corrected chi connectivity index (χ0v) is 17.4. The molecular formula is C23H26O7. The van der Waals surface area contributed by atoms with E-state index in [0.29, 0.717) is 16.7 Å². The van der Waals surface area contributed by atoms with Gasteiger partial charge >= 0.3 is 11.9 Å². The maximum atomic E-state index is 12.3. The summed E-state index contributed by atoms with van der Waals surface area (Å²) < 4.78 is 49.2. The monoisotopic (exact) mass is 417 g/mol. The minimum Gasteiger partial charge on any atom is -0.493 e. The molecule has 3 rings (SSSR count). The number of cyclic esters (lactones) is 1. The molecule has 0 radical (unpaired) electrons. The third kappa shape index (κ3) is 4.06. The van der Waals surface area contributed by atoms with Crippen LogP contribution in [0.2, 0.25) is 0 Å². The second-order valence-electron chi connectivity index (χ2n) is 7.42. The standard InChI is InChI=1S/C23H26O7/c1-6-28-22(25)23(2,3)13-30-19-16(9-10-18(26-4)20(19)27-5)14-7-8-17-15(11-14)12-29-21(17)24/h7-11H,6,12-13H2,1-5H3/i4D3. The fraction of sp³-hybridized carbons (Fsp3) is 0.391. The summed E-state index contributed by atoms with van der Waals surface area (Å²) in [6.07, 6.45) is 0. The molecule has 0 spiro atoms. The molecule has 0 atom stereocenters. The van der Waals surface area contributed by atoms with Crippen LogP contribution in [0.4, 0.5) is 0 Å². The molecule has 0 N–H and O–H groups in total. The number of methoxy groups -OCH3 is 2. The number of benzene rings is 2. The lowest BCUT2D eigenvalue weighted by atomic mass is 9.95. The van der Waals surface area contributed by atoms with Gasteiger partial charge in [-0.2, -0.15) is 0 Å². The molecule has 0 unspecified atom stereocenters. The molecule has 0 fully saturated rings. The summed E-state index contributed by atoms with van der Waals surface area (Å²) in [6.45, 7) is 5.39. The van der Waals surface area contributed by atoms with Gasteiger partial charge in [0.2, 0.25) is 5.75 Å². The number of rotatable bonds is 8. The van der Waals surface area contributed by atoms with Crippen LogP contribution in [0.1, 0.15) is 40.8 Å². The van der Waals surface area contributed by atoms with E-state index in [2.05, 4.69) is 0 Å². The van der Waals surface area contributed by atoms with Gasteiger partial charge in [0, 0.05) is 11.1 Å². The van der Waals surface area contributed by atoms with Crippen molar-refractivity contribution in [3.8, 4) is 28.4 Å². The van der Waals surface area contributed by atoms with Gasteiger partial charge in [-0.25, -0.2) is 4.79 Å². The summed E-state index contributed by atoms with van der Waals surface area (Å²) in [5.74, 6) is -0.598. The molecular weight excluding hydrogens is 388 g/mol. The predicted octanol–water partition coefficient (Wildman–Crippen LogP) is 4.01. The maximum Gasteiger partial charge on any atom is 0.338 e. The minimum atomic E-state index is -2.71. The zero-order chi connectivity index (χ0) is 24.4. The van der Waals surface area contributed by atoms with Gasteiger partial charge in [0.05, 0.1) is 35.8 Å². The van der Waals surface area contributed by atoms with Gasteiger partial charge in [-0.05, 0) is 50.6 Å². The van der Waals surface area contributed by atoms with Gasteiger partial charge in [-0.15, -0.1) is 0 Å². The molecule has 2 aromatic carbocycles. The van der Waals surface area contributed by atoms with Crippen LogP contribution in [0.3, 0.4) is 0 Å². The van der Waals surface area contributed by atoms with Crippen LogP contribution in [0.5, 0.6) is 17.2 Å². The minimum absolute atomic E-state index is 0.0372. The molecule has 0 saturated heterocycles. The van der Waals surface area contributed by atoms with Crippen molar-refractivity contribution in [2.24, 2.45) is 5.41 Å². The lowest BCUT2D eigenvalue weighted by molar-refractivity contribution is -0.155. The molecule has 1 aliphatic rings. The zero-order valence-electron chi connectivity index (χ0n) is 20.4. The van der Waals surface area contributed by atoms with Crippen LogP contribution < -0.4 is 14.2 Å². The van der Waals surface area contributed by atoms with Crippen LogP contribution >= 0.6 is 0 Å². The number of fused-ring (bicyclic) bond motifs is 1. The summed E-state index contributed by atoms with van der Waals surface area (Å²) in [5.41, 5.74) is 1.47. The van der Waals surface area contributed by atoms with Gasteiger partial charge in [0.25, 0.3) is 0 Å². The van der Waals surface area contributed by atoms with Crippen LogP contribution in [-0.4, -0.2) is 39.3 Å². The van der Waals surface area contributed by atoms with Crippen molar-refractivity contribution in [1.29, 1.82) is 0 Å². The van der Waals surface area contributed by atoms with E-state index in [-0.39, 0.29) is 43.0 Å². The normalized spacial score (nSPS) is 14.7. The summed E-state index contributed by atoms with van der Waals surface area (Å²) in [5, 5.41) is 0. The molecule has 0 aromatic heterocycles. The Kier molecular flexibility index (Phi) is 5.08. The fourth-order valence-electron chi connectivity index (χ4n) is 3.13. The van der Waals surface area contributed by atoms with Gasteiger partial charge in [0.15, 0.2) is 11.5 Å². The summed E-state index contributed by atoms with van der Waals surface area (Å²) in [6, 6.07) is 8.29. The molecule has 2 aromatic rings. The molecule has 30 heavy (non-hydrogen) atoms. The summed E-state index contributed by atoms with van der Waals surface area (Å²) >= 11 is 0. The Bertz CT molecular complexity index is 1060. The van der Waals surface area contributed by atoms with Crippen molar-refractivity contribution in [2.45, 2.75) is 27.4 Å². The summed E-state index contributed by atoms with van der Waals surface area (Å²) in [7, 11) is -1.34. The van der Waals surface area contributed by atoms with Gasteiger partial charge in [0.1, 0.15) is 13.2 Å². The van der Waals surface area contributed by atoms with Crippen molar-refractivity contribution in [2.75, 3.05) is 27.4 Å². The quantitative estimate of drug-likeness (QED) is 0.600. The van der Waals surface area contributed by atoms with Gasteiger partial charge in [-0.3, -0.25) is 4.79 Å². The predicted molar refractivity (Wildman–Crippen MR) is 110 cm³/mol. The molecule has 0 aliphatic carbocycles. The number of hydrogen-bond donors (Lipinski definition) is 0. The van der Waals surface area contributed by atoms with E-state index in [9.17, 15) is 9.59 Å². The highest BCUT2D eigenvalue weighted by molar-refractivity contribution is 5.94. The van der Waals surface area contributed by atoms with Crippen LogP contribution in [0, 0.1) is 5.41 Å². The lowest BCUT2D eigenvalue weighted by Crippen LogP contribution is -2.33. The molecule has 7 nitrogen and oxygen atoms in total. The molecule has 1 heterocycles. The molecule has 1 aliphatic heterocycles. The third-order valence-corrected chi connectivity index (χ3v) is 4.79. The fourth-order valence-corrected chi connectivity index (χ4v) is 3.13. The van der Waals surface area contributed by atoms with E-state index in [1.54, 1.807) is 45.0 Å². The Morgan fingerprint density at radius 1 is 1.17 bits per heavy atom. The van der Waals surface area contributed by atoms with E-state index in [0.717, 1.165) is 5.56 Å². The van der Waals surface area contributed by atoms with Crippen molar-refractivity contribution in [3.63, 3.8) is 0 Å². The van der Waals surface area contributed by atoms with Crippen LogP contribution in [-0.2, 0) is 20.9 Å². The highest BCUT2D eigenvalue weighted by Gasteiger charge is 2.32. The largest absolute Gasteiger partial charge is 0.493 e. The Balaban J connectivity index is 2.07. The first-order valence-corrected chi connectivity index (χ1v) is 9.47. The van der Waals surface area contributed by atoms with E-state index in [1.165, 1.54) is 13.2 Å². The Morgan fingerprint density at radius 3 is 2.63 bits per heavy atom. The van der Waals surface area contributed by atoms with E-state index < -0.39 is 18.4 Å². The number of esters is 2. The van der Waals surface area contributed by atoms with Gasteiger partial charge in [-0.1, -0.05) is 6.07 Å². The molecule has 0 bridgehead atoms. The van der Waals surface area contributed by atoms with Crippen molar-refractivity contribution < 1.29 is 37.4 Å². The molecule has 160 valence electrons. The first-order valence-electron chi connectivity index (χ1n) is 11.0. The van der Waals surface area contributed by atoms with E-state index in [4.69, 9.17) is 27.8 Å². The first kappa shape index (κ1) is 17.6. The van der Waals surface area contributed by atoms with Crippen molar-refractivity contribution in [1.82, 2.24) is 0 Å². The second kappa shape index (κ2) is 8.65. The molecule has 0 saturated carbocycles. The lowest BCUT2D eigenvalue weighted by Gasteiger charge is -2.25. The van der Waals surface area contributed by atoms with E-state index >= 15 is 0 Å². The molecule has 7 heteroatoms. The maximum absolute atomic E-state index is 12.3. The van der Waals surface area contributed by atoms with Crippen LogP contribution in [0.15, 0.2) is 30.3 Å². The highest BCUT2D eigenvalue weighted by Crippen LogP contribution is 2.45. The Hall–Kier alpha value is -3.22. The average molecular weight is 417 g/mol. The highest BCUT2D eigenvalue weighted by atomic mass is 16.6. The summed E-state index contributed by atoms with van der Waals surface area (Å²) in [4.78, 5) is 24.1. The number of carbonyl (C=O) groups is 2. The van der Waals surface area contributed by atoms with Crippen molar-refractivity contribution in [3.05, 3.63) is 41.5 Å². The van der Waals surface area contributed by atoms with Crippen molar-refractivity contribution >= 4 is 11.9 Å². The number of carbonyl (C=O) groups excluding carboxylic acids is 2. The second-order valence-corrected chi connectivity index (χ2v) is 7.42. The smallest absolute Gasteiger partial charge is 0.338 e. The number of ether oxygens (including phenoxy) is 5. The Morgan fingerprint density at radius 2 is 1.93 bits per heavy atom. The SMILES string of the molecule is [2H]C([2H])([2H])Oc1ccc(-c2ccc3c(c2)COC3=O)c(OCC(C)(C)C(=O)OCC)c1OC. The topological polar surface area (TPSA) is 80.3 Å². The Labute approximate surface area is 180 Å². The van der Waals surface area contributed by atoms with E-state index in [1.807, 2.05) is 0 Å². The molecule has 0 amide bonds. The first-order chi connectivity index (χ1) is 15.5. The van der Waals surface area contributed by atoms with Crippen LogP contribution in [0.25, 0.3) is 11.1 Å². The van der Waals surface area contributed by atoms with Gasteiger partial charge < -0.3 is 23.7 Å².